The second-order valence-electron chi connectivity index (χ2n) is 9.17. The number of anilines is 1. The molecule has 0 saturated carbocycles. The van der Waals surface area contributed by atoms with Crippen molar-refractivity contribution in [2.75, 3.05) is 5.32 Å². The molecule has 3 N–H and O–H groups in total. The Hall–Kier alpha value is -5.08. The number of H-pyrrole nitrogens is 2. The lowest BCUT2D eigenvalue weighted by Gasteiger charge is -2.10. The first-order valence-electron chi connectivity index (χ1n) is 12.3. The van der Waals surface area contributed by atoms with Gasteiger partial charge >= 0.3 is 0 Å². The Bertz CT molecular complexity index is 1990. The topological polar surface area (TPSA) is 82.3 Å². The minimum Gasteiger partial charge on any atom is -0.354 e. The minimum absolute atomic E-state index is 0.200. The van der Waals surface area contributed by atoms with Crippen LogP contribution in [0.15, 0.2) is 104 Å². The van der Waals surface area contributed by atoms with E-state index in [-0.39, 0.29) is 5.13 Å². The van der Waals surface area contributed by atoms with Crippen LogP contribution in [0.1, 0.15) is 5.56 Å². The number of hydrogen-bond acceptors (Lipinski definition) is 5. The molecule has 0 bridgehead atoms. The number of hydrogen-bond donors (Lipinski definition) is 3. The quantitative estimate of drug-likeness (QED) is 0.204. The maximum absolute atomic E-state index is 13.7. The number of nitrogens with one attached hydrogen (secondary N) is 3. The van der Waals surface area contributed by atoms with E-state index in [1.165, 1.54) is 6.07 Å². The van der Waals surface area contributed by atoms with Crippen LogP contribution >= 0.6 is 11.3 Å². The summed E-state index contributed by atoms with van der Waals surface area (Å²) in [5.41, 5.74) is 8.69. The third-order valence-corrected chi connectivity index (χ3v) is 7.56. The van der Waals surface area contributed by atoms with Crippen LogP contribution in [0.4, 0.5) is 10.1 Å². The van der Waals surface area contributed by atoms with E-state index in [2.05, 4.69) is 43.1 Å². The Morgan fingerprint density at radius 1 is 0.872 bits per heavy atom. The molecule has 0 aliphatic carbocycles. The number of fused-ring (bicyclic) bond motifs is 2. The smallest absolute Gasteiger partial charge is 0.176 e. The highest BCUT2D eigenvalue weighted by molar-refractivity contribution is 7.14. The second kappa shape index (κ2) is 9.34. The highest BCUT2D eigenvalue weighted by Gasteiger charge is 2.16. The van der Waals surface area contributed by atoms with E-state index in [9.17, 15) is 4.39 Å². The van der Waals surface area contributed by atoms with Gasteiger partial charge in [-0.25, -0.2) is 0 Å². The fourth-order valence-electron chi connectivity index (χ4n) is 4.77. The molecule has 0 fully saturated rings. The Morgan fingerprint density at radius 2 is 1.77 bits per heavy atom. The van der Waals surface area contributed by atoms with Gasteiger partial charge in [-0.05, 0) is 42.0 Å². The maximum Gasteiger partial charge on any atom is 0.176 e. The molecule has 5 aromatic heterocycles. The molecule has 188 valence electrons. The van der Waals surface area contributed by atoms with Crippen LogP contribution in [0.3, 0.4) is 0 Å². The van der Waals surface area contributed by atoms with Gasteiger partial charge in [0.15, 0.2) is 5.13 Å². The molecule has 0 atom stereocenters. The van der Waals surface area contributed by atoms with Crippen molar-refractivity contribution in [3.63, 3.8) is 0 Å². The largest absolute Gasteiger partial charge is 0.354 e. The molecule has 5 heterocycles. The number of pyridine rings is 2. The zero-order chi connectivity index (χ0) is 26.3. The van der Waals surface area contributed by atoms with Gasteiger partial charge in [-0.3, -0.25) is 15.1 Å². The summed E-state index contributed by atoms with van der Waals surface area (Å²) < 4.78 is 13.7. The highest BCUT2D eigenvalue weighted by Crippen LogP contribution is 2.37. The van der Waals surface area contributed by atoms with Crippen LogP contribution in [-0.2, 0) is 0 Å². The van der Waals surface area contributed by atoms with E-state index in [0.29, 0.717) is 0 Å². The normalized spacial score (nSPS) is 11.3. The van der Waals surface area contributed by atoms with Crippen LogP contribution in [0.5, 0.6) is 0 Å². The molecule has 2 aromatic carbocycles. The molecule has 0 aliphatic heterocycles. The summed E-state index contributed by atoms with van der Waals surface area (Å²) in [6, 6.07) is 25.4. The number of rotatable bonds is 6. The van der Waals surface area contributed by atoms with Crippen molar-refractivity contribution in [1.29, 1.82) is 0 Å². The van der Waals surface area contributed by atoms with Crippen molar-refractivity contribution in [3.8, 4) is 33.1 Å². The van der Waals surface area contributed by atoms with E-state index in [1.54, 1.807) is 18.6 Å². The summed E-state index contributed by atoms with van der Waals surface area (Å²) in [4.78, 5) is 13.5. The number of thiophene rings is 1. The van der Waals surface area contributed by atoms with Crippen LogP contribution in [-0.4, -0.2) is 25.1 Å². The van der Waals surface area contributed by atoms with Crippen LogP contribution in [0.25, 0.3) is 60.6 Å². The van der Waals surface area contributed by atoms with Gasteiger partial charge in [0, 0.05) is 44.2 Å². The zero-order valence-corrected chi connectivity index (χ0v) is 21.4. The average molecular weight is 529 g/mol. The SMILES string of the molecule is C=C(Nc1cncc(-c2cc3c(-c4cc5c(-c6ccc(F)s6)cccc5[nH]4)n[nH]c3cn2)c1)c1ccccc1. The van der Waals surface area contributed by atoms with Crippen molar-refractivity contribution in [2.24, 2.45) is 0 Å². The molecule has 0 spiro atoms. The molecule has 7 rings (SSSR count). The Balaban J connectivity index is 1.25. The third kappa shape index (κ3) is 4.26. The Morgan fingerprint density at radius 3 is 2.62 bits per heavy atom. The summed E-state index contributed by atoms with van der Waals surface area (Å²) in [7, 11) is 0. The highest BCUT2D eigenvalue weighted by atomic mass is 32.1. The van der Waals surface area contributed by atoms with Crippen molar-refractivity contribution in [3.05, 3.63) is 115 Å². The van der Waals surface area contributed by atoms with Gasteiger partial charge in [0.25, 0.3) is 0 Å². The van der Waals surface area contributed by atoms with Gasteiger partial charge in [-0.1, -0.05) is 49.0 Å². The molecule has 0 radical (unpaired) electrons. The monoisotopic (exact) mass is 528 g/mol. The summed E-state index contributed by atoms with van der Waals surface area (Å²) in [5, 5.41) is 12.8. The average Bonchev–Trinajstić information content (AvgIpc) is 3.71. The Labute approximate surface area is 226 Å². The first kappa shape index (κ1) is 23.1. The number of halogens is 1. The molecular weight excluding hydrogens is 507 g/mol. The molecule has 0 saturated heterocycles. The first-order chi connectivity index (χ1) is 19.1. The van der Waals surface area contributed by atoms with Gasteiger partial charge in [-0.15, -0.1) is 11.3 Å². The van der Waals surface area contributed by atoms with Crippen LogP contribution in [0, 0.1) is 5.13 Å². The predicted octanol–water partition coefficient (Wildman–Crippen LogP) is 8.12. The fourth-order valence-corrected chi connectivity index (χ4v) is 5.54. The Kier molecular flexibility index (Phi) is 5.53. The van der Waals surface area contributed by atoms with E-state index >= 15 is 0 Å². The lowest BCUT2D eigenvalue weighted by atomic mass is 10.1. The molecule has 8 heteroatoms. The van der Waals surface area contributed by atoms with E-state index in [1.807, 2.05) is 66.7 Å². The number of nitrogens with zero attached hydrogens (tertiary/aromatic N) is 3. The molecule has 0 amide bonds. The maximum atomic E-state index is 13.7. The van der Waals surface area contributed by atoms with Crippen molar-refractivity contribution >= 4 is 44.5 Å². The fraction of sp³-hybridized carbons (Fsp3) is 0. The predicted molar refractivity (Wildman–Crippen MR) is 157 cm³/mol. The molecule has 39 heavy (non-hydrogen) atoms. The van der Waals surface area contributed by atoms with Gasteiger partial charge in [0.05, 0.1) is 35.0 Å². The molecule has 0 unspecified atom stereocenters. The number of aromatic amines is 2. The first-order valence-corrected chi connectivity index (χ1v) is 13.1. The van der Waals surface area contributed by atoms with Crippen molar-refractivity contribution in [2.45, 2.75) is 0 Å². The zero-order valence-electron chi connectivity index (χ0n) is 20.6. The lowest BCUT2D eigenvalue weighted by molar-refractivity contribution is 0.657. The molecule has 7 aromatic rings. The second-order valence-corrected chi connectivity index (χ2v) is 10.2. The van der Waals surface area contributed by atoms with E-state index in [0.717, 1.165) is 83.2 Å². The number of benzene rings is 2. The summed E-state index contributed by atoms with van der Waals surface area (Å²) in [5.74, 6) is 0. The standard InChI is InChI=1S/C31H21FN6S/c1-18(19-6-3-2-4-7-19)35-21-12-20(15-33-16-21)26-14-24-28(17-34-26)37-38-31(24)27-13-23-22(8-5-9-25(23)36-27)29-10-11-30(32)39-29/h2-17,35-36H,1H2,(H,37,38). The lowest BCUT2D eigenvalue weighted by Crippen LogP contribution is -1.98. The van der Waals surface area contributed by atoms with Gasteiger partial charge in [-0.2, -0.15) is 9.49 Å². The van der Waals surface area contributed by atoms with Crippen molar-refractivity contribution in [1.82, 2.24) is 25.1 Å². The molecule has 6 nitrogen and oxygen atoms in total. The van der Waals surface area contributed by atoms with E-state index < -0.39 is 0 Å². The van der Waals surface area contributed by atoms with Crippen LogP contribution in [0.2, 0.25) is 0 Å². The minimum atomic E-state index is -0.200. The summed E-state index contributed by atoms with van der Waals surface area (Å²) in [6.45, 7) is 4.16. The van der Waals surface area contributed by atoms with Gasteiger partial charge in [0.1, 0.15) is 5.69 Å². The van der Waals surface area contributed by atoms with E-state index in [4.69, 9.17) is 0 Å². The van der Waals surface area contributed by atoms with Crippen LogP contribution < -0.4 is 5.32 Å². The summed E-state index contributed by atoms with van der Waals surface area (Å²) >= 11 is 1.14. The van der Waals surface area contributed by atoms with Crippen molar-refractivity contribution < 1.29 is 4.39 Å². The third-order valence-electron chi connectivity index (χ3n) is 6.66. The van der Waals surface area contributed by atoms with Gasteiger partial charge < -0.3 is 10.3 Å². The molecular formula is C31H21FN6S. The summed E-state index contributed by atoms with van der Waals surface area (Å²) in [6.07, 6.45) is 5.34. The molecule has 0 aliphatic rings. The van der Waals surface area contributed by atoms with Gasteiger partial charge in [0.2, 0.25) is 0 Å². The number of aromatic nitrogens is 5.